The Balaban J connectivity index is 3.15. The smallest absolute Gasteiger partial charge is 0.310 e. The maximum atomic E-state index is 10.7. The van der Waals surface area contributed by atoms with Crippen LogP contribution >= 0.6 is 0 Å². The van der Waals surface area contributed by atoms with E-state index in [1.807, 2.05) is 6.07 Å². The number of nitriles is 1. The largest absolute Gasteiger partial charge is 0.465 e. The monoisotopic (exact) mass is 168 g/mol. The quantitative estimate of drug-likeness (QED) is 0.449. The van der Waals surface area contributed by atoms with Gasteiger partial charge in [-0.05, 0) is 6.42 Å². The minimum Gasteiger partial charge on any atom is -0.465 e. The van der Waals surface area contributed by atoms with Gasteiger partial charge in [0.05, 0.1) is 19.1 Å². The summed E-state index contributed by atoms with van der Waals surface area (Å²) in [5.41, 5.74) is 0. The van der Waals surface area contributed by atoms with E-state index in [0.29, 0.717) is 6.61 Å². The van der Waals surface area contributed by atoms with Crippen molar-refractivity contribution in [3.8, 4) is 6.07 Å². The van der Waals surface area contributed by atoms with Gasteiger partial charge in [0, 0.05) is 6.42 Å². The van der Waals surface area contributed by atoms with E-state index >= 15 is 0 Å². The van der Waals surface area contributed by atoms with Crippen molar-refractivity contribution in [2.24, 2.45) is 0 Å². The van der Waals surface area contributed by atoms with E-state index in [0.717, 1.165) is 19.3 Å². The van der Waals surface area contributed by atoms with Gasteiger partial charge < -0.3 is 4.74 Å². The lowest BCUT2D eigenvalue weighted by Gasteiger charge is -2.01. The highest BCUT2D eigenvalue weighted by Gasteiger charge is 2.00. The molecule has 0 N–H and O–H groups in total. The topological polar surface area (TPSA) is 50.1 Å². The molecular weight excluding hydrogens is 154 g/mol. The molecule has 0 fully saturated rings. The third-order valence-corrected chi connectivity index (χ3v) is 1.35. The van der Waals surface area contributed by atoms with Crippen molar-refractivity contribution in [2.75, 3.05) is 6.61 Å². The third-order valence-electron chi connectivity index (χ3n) is 1.35. The van der Waals surface area contributed by atoms with Gasteiger partial charge in [-0.25, -0.2) is 0 Å². The van der Waals surface area contributed by atoms with Crippen LogP contribution in [-0.2, 0) is 9.53 Å². The SMILES string of the molecule is CCCCCOC(=O)[CH]CC#N. The zero-order valence-corrected chi connectivity index (χ0v) is 7.38. The van der Waals surface area contributed by atoms with Gasteiger partial charge in [0.1, 0.15) is 0 Å². The fourth-order valence-corrected chi connectivity index (χ4v) is 0.713. The van der Waals surface area contributed by atoms with Crippen LogP contribution in [0.5, 0.6) is 0 Å². The summed E-state index contributed by atoms with van der Waals surface area (Å²) >= 11 is 0. The number of ether oxygens (including phenoxy) is 1. The number of rotatable bonds is 6. The number of hydrogen-bond donors (Lipinski definition) is 0. The summed E-state index contributed by atoms with van der Waals surface area (Å²) in [5.74, 6) is -0.382. The molecule has 12 heavy (non-hydrogen) atoms. The first-order valence-corrected chi connectivity index (χ1v) is 4.18. The van der Waals surface area contributed by atoms with Gasteiger partial charge in [-0.2, -0.15) is 5.26 Å². The van der Waals surface area contributed by atoms with Crippen LogP contribution in [0.4, 0.5) is 0 Å². The van der Waals surface area contributed by atoms with Gasteiger partial charge in [-0.1, -0.05) is 19.8 Å². The molecule has 0 atom stereocenters. The first-order valence-electron chi connectivity index (χ1n) is 4.18. The van der Waals surface area contributed by atoms with Crippen LogP contribution < -0.4 is 0 Å². The molecule has 0 aliphatic heterocycles. The highest BCUT2D eigenvalue weighted by molar-refractivity contribution is 5.79. The number of unbranched alkanes of at least 4 members (excludes halogenated alkanes) is 2. The Morgan fingerprint density at radius 3 is 2.92 bits per heavy atom. The van der Waals surface area contributed by atoms with Gasteiger partial charge in [-0.15, -0.1) is 0 Å². The van der Waals surface area contributed by atoms with E-state index < -0.39 is 0 Å². The molecule has 1 radical (unpaired) electrons. The van der Waals surface area contributed by atoms with Gasteiger partial charge in [-0.3, -0.25) is 4.79 Å². The van der Waals surface area contributed by atoms with Crippen LogP contribution in [0, 0.1) is 17.8 Å². The fraction of sp³-hybridized carbons (Fsp3) is 0.667. The summed E-state index contributed by atoms with van der Waals surface area (Å²) in [4.78, 5) is 10.7. The second-order valence-electron chi connectivity index (χ2n) is 2.44. The zero-order valence-electron chi connectivity index (χ0n) is 7.38. The molecule has 0 saturated heterocycles. The minimum atomic E-state index is -0.382. The molecule has 0 unspecified atom stereocenters. The van der Waals surface area contributed by atoms with E-state index in [1.165, 1.54) is 6.42 Å². The lowest BCUT2D eigenvalue weighted by molar-refractivity contribution is -0.139. The minimum absolute atomic E-state index is 0.132. The summed E-state index contributed by atoms with van der Waals surface area (Å²) in [6.45, 7) is 2.55. The Kier molecular flexibility index (Phi) is 7.36. The maximum Gasteiger partial charge on any atom is 0.310 e. The van der Waals surface area contributed by atoms with Crippen molar-refractivity contribution < 1.29 is 9.53 Å². The van der Waals surface area contributed by atoms with Crippen molar-refractivity contribution >= 4 is 5.97 Å². The van der Waals surface area contributed by atoms with E-state index in [1.54, 1.807) is 0 Å². The summed E-state index contributed by atoms with van der Waals surface area (Å²) in [5, 5.41) is 8.14. The molecule has 0 saturated carbocycles. The number of carbonyl (C=O) groups excluding carboxylic acids is 1. The second-order valence-corrected chi connectivity index (χ2v) is 2.44. The Labute approximate surface area is 73.3 Å². The molecule has 3 nitrogen and oxygen atoms in total. The number of carbonyl (C=O) groups is 1. The van der Waals surface area contributed by atoms with Crippen LogP contribution in [0.15, 0.2) is 0 Å². The van der Waals surface area contributed by atoms with Crippen LogP contribution in [0.25, 0.3) is 0 Å². The molecule has 0 bridgehead atoms. The van der Waals surface area contributed by atoms with Crippen LogP contribution in [0.2, 0.25) is 0 Å². The summed E-state index contributed by atoms with van der Waals surface area (Å²) in [6, 6.07) is 1.84. The van der Waals surface area contributed by atoms with Crippen LogP contribution in [0.1, 0.15) is 32.6 Å². The van der Waals surface area contributed by atoms with Crippen molar-refractivity contribution in [1.82, 2.24) is 0 Å². The van der Waals surface area contributed by atoms with Crippen molar-refractivity contribution in [3.05, 3.63) is 6.42 Å². The van der Waals surface area contributed by atoms with Gasteiger partial charge in [0.25, 0.3) is 0 Å². The summed E-state index contributed by atoms with van der Waals surface area (Å²) in [7, 11) is 0. The Bertz CT molecular complexity index is 160. The molecule has 0 aromatic carbocycles. The number of nitrogens with zero attached hydrogens (tertiary/aromatic N) is 1. The molecule has 0 aliphatic rings. The predicted molar refractivity (Wildman–Crippen MR) is 45.0 cm³/mol. The number of esters is 1. The standard InChI is InChI=1S/C9H14NO2/c1-2-3-4-8-12-9(11)6-5-7-10/h6H,2-5,8H2,1H3. The fourth-order valence-electron chi connectivity index (χ4n) is 0.713. The lowest BCUT2D eigenvalue weighted by atomic mass is 10.3. The zero-order chi connectivity index (χ0) is 9.23. The van der Waals surface area contributed by atoms with Gasteiger partial charge >= 0.3 is 5.97 Å². The molecule has 0 aromatic rings. The maximum absolute atomic E-state index is 10.7. The first kappa shape index (κ1) is 11.0. The highest BCUT2D eigenvalue weighted by Crippen LogP contribution is 1.96. The Hall–Kier alpha value is -1.04. The van der Waals surface area contributed by atoms with E-state index in [4.69, 9.17) is 10.00 Å². The second kappa shape index (κ2) is 8.06. The molecule has 0 aliphatic carbocycles. The average molecular weight is 168 g/mol. The van der Waals surface area contributed by atoms with E-state index in [2.05, 4.69) is 6.92 Å². The van der Waals surface area contributed by atoms with Crippen LogP contribution in [-0.4, -0.2) is 12.6 Å². The van der Waals surface area contributed by atoms with E-state index in [9.17, 15) is 4.79 Å². The van der Waals surface area contributed by atoms with Crippen molar-refractivity contribution in [1.29, 1.82) is 5.26 Å². The molecule has 0 rings (SSSR count). The van der Waals surface area contributed by atoms with Crippen molar-refractivity contribution in [2.45, 2.75) is 32.6 Å². The molecule has 0 aromatic heterocycles. The third kappa shape index (κ3) is 7.07. The molecule has 3 heteroatoms. The van der Waals surface area contributed by atoms with Crippen LogP contribution in [0.3, 0.4) is 0 Å². The van der Waals surface area contributed by atoms with Crippen molar-refractivity contribution in [3.63, 3.8) is 0 Å². The molecule has 67 valence electrons. The molecule has 0 heterocycles. The van der Waals surface area contributed by atoms with E-state index in [-0.39, 0.29) is 12.4 Å². The Morgan fingerprint density at radius 2 is 2.33 bits per heavy atom. The first-order chi connectivity index (χ1) is 5.81. The average Bonchev–Trinajstić information content (AvgIpc) is 2.09. The number of hydrogen-bond acceptors (Lipinski definition) is 3. The normalized spacial score (nSPS) is 9.00. The lowest BCUT2D eigenvalue weighted by Crippen LogP contribution is -2.05. The molecule has 0 amide bonds. The molecule has 0 spiro atoms. The summed E-state index contributed by atoms with van der Waals surface area (Å²) in [6.07, 6.45) is 4.48. The Morgan fingerprint density at radius 1 is 1.58 bits per heavy atom. The highest BCUT2D eigenvalue weighted by atomic mass is 16.5. The summed E-state index contributed by atoms with van der Waals surface area (Å²) < 4.78 is 4.80. The van der Waals surface area contributed by atoms with Gasteiger partial charge in [0.2, 0.25) is 0 Å². The van der Waals surface area contributed by atoms with Gasteiger partial charge in [0.15, 0.2) is 0 Å². The predicted octanol–water partition coefficient (Wildman–Crippen LogP) is 1.84. The molecular formula is C9H14NO2.